The van der Waals surface area contributed by atoms with Gasteiger partial charge in [-0.15, -0.1) is 0 Å². The van der Waals surface area contributed by atoms with Crippen molar-refractivity contribution in [2.75, 3.05) is 33.8 Å². The van der Waals surface area contributed by atoms with Crippen LogP contribution in [0.5, 0.6) is 0 Å². The molecule has 23 heavy (non-hydrogen) atoms. The van der Waals surface area contributed by atoms with Crippen LogP contribution in [0.3, 0.4) is 0 Å². The summed E-state index contributed by atoms with van der Waals surface area (Å²) in [5.74, 6) is -0.0600. The van der Waals surface area contributed by atoms with E-state index in [4.69, 9.17) is 4.74 Å². The van der Waals surface area contributed by atoms with Gasteiger partial charge in [0.15, 0.2) is 0 Å². The number of ether oxygens (including phenoxy) is 1. The largest absolute Gasteiger partial charge is 0.465 e. The summed E-state index contributed by atoms with van der Waals surface area (Å²) in [6, 6.07) is 0. The molecule has 0 radical (unpaired) electrons. The SMILES string of the molecule is CCC(C)(CC(C)(C)C)C(=O)OCCCC(=O)N(C)CCNC. The van der Waals surface area contributed by atoms with E-state index >= 15 is 0 Å². The molecular weight excluding hydrogens is 292 g/mol. The van der Waals surface area contributed by atoms with E-state index in [9.17, 15) is 9.59 Å². The average molecular weight is 328 g/mol. The van der Waals surface area contributed by atoms with Gasteiger partial charge in [0.05, 0.1) is 12.0 Å². The second-order valence-electron chi connectivity index (χ2n) is 7.81. The third-order valence-corrected chi connectivity index (χ3v) is 4.08. The summed E-state index contributed by atoms with van der Waals surface area (Å²) in [6.07, 6.45) is 2.54. The van der Waals surface area contributed by atoms with Crippen molar-refractivity contribution < 1.29 is 14.3 Å². The van der Waals surface area contributed by atoms with Crippen molar-refractivity contribution in [1.82, 2.24) is 10.2 Å². The van der Waals surface area contributed by atoms with Crippen LogP contribution in [0.2, 0.25) is 0 Å². The minimum atomic E-state index is -0.453. The lowest BCUT2D eigenvalue weighted by atomic mass is 9.73. The summed E-state index contributed by atoms with van der Waals surface area (Å²) < 4.78 is 5.43. The predicted octanol–water partition coefficient (Wildman–Crippen LogP) is 2.84. The maximum atomic E-state index is 12.4. The van der Waals surface area contributed by atoms with Gasteiger partial charge < -0.3 is 15.0 Å². The van der Waals surface area contributed by atoms with Gasteiger partial charge in [-0.25, -0.2) is 0 Å². The van der Waals surface area contributed by atoms with Crippen LogP contribution in [0.1, 0.15) is 60.3 Å². The molecule has 0 aliphatic carbocycles. The molecule has 1 unspecified atom stereocenters. The van der Waals surface area contributed by atoms with Gasteiger partial charge in [-0.3, -0.25) is 9.59 Å². The number of carbonyl (C=O) groups excluding carboxylic acids is 2. The van der Waals surface area contributed by atoms with Crippen molar-refractivity contribution in [1.29, 1.82) is 0 Å². The third kappa shape index (κ3) is 8.94. The number of nitrogens with zero attached hydrogens (tertiary/aromatic N) is 1. The summed E-state index contributed by atoms with van der Waals surface area (Å²) in [5, 5.41) is 3.01. The summed E-state index contributed by atoms with van der Waals surface area (Å²) in [5.41, 5.74) is -0.373. The zero-order valence-corrected chi connectivity index (χ0v) is 16.1. The number of amides is 1. The Kier molecular flexibility index (Phi) is 9.44. The summed E-state index contributed by atoms with van der Waals surface area (Å²) in [4.78, 5) is 26.0. The summed E-state index contributed by atoms with van der Waals surface area (Å²) in [7, 11) is 3.66. The quantitative estimate of drug-likeness (QED) is 0.495. The van der Waals surface area contributed by atoms with Crippen LogP contribution in [-0.2, 0) is 14.3 Å². The minimum absolute atomic E-state index is 0.0791. The van der Waals surface area contributed by atoms with Crippen LogP contribution >= 0.6 is 0 Å². The van der Waals surface area contributed by atoms with Crippen molar-refractivity contribution in [2.24, 2.45) is 10.8 Å². The van der Waals surface area contributed by atoms with E-state index in [0.717, 1.165) is 19.4 Å². The molecular formula is C18H36N2O3. The molecule has 0 aromatic rings. The molecule has 0 saturated carbocycles. The normalized spacial score (nSPS) is 14.2. The topological polar surface area (TPSA) is 58.6 Å². The molecule has 0 saturated heterocycles. The summed E-state index contributed by atoms with van der Waals surface area (Å²) in [6.45, 7) is 12.2. The van der Waals surface area contributed by atoms with Gasteiger partial charge in [0.25, 0.3) is 0 Å². The Morgan fingerprint density at radius 3 is 2.26 bits per heavy atom. The van der Waals surface area contributed by atoms with Gasteiger partial charge in [0.2, 0.25) is 5.91 Å². The van der Waals surface area contributed by atoms with E-state index in [0.29, 0.717) is 26.0 Å². The molecule has 5 nitrogen and oxygen atoms in total. The van der Waals surface area contributed by atoms with Crippen LogP contribution in [0.25, 0.3) is 0 Å². The molecule has 0 fully saturated rings. The Bertz CT molecular complexity index is 377. The molecule has 0 bridgehead atoms. The van der Waals surface area contributed by atoms with Crippen LogP contribution < -0.4 is 5.32 Å². The Hall–Kier alpha value is -1.10. The van der Waals surface area contributed by atoms with Gasteiger partial charge >= 0.3 is 5.97 Å². The maximum Gasteiger partial charge on any atom is 0.311 e. The third-order valence-electron chi connectivity index (χ3n) is 4.08. The second kappa shape index (κ2) is 9.91. The van der Waals surface area contributed by atoms with Crippen LogP contribution in [0.4, 0.5) is 0 Å². The minimum Gasteiger partial charge on any atom is -0.465 e. The van der Waals surface area contributed by atoms with Gasteiger partial charge in [-0.05, 0) is 38.6 Å². The highest BCUT2D eigenvalue weighted by atomic mass is 16.5. The molecule has 0 aliphatic rings. The van der Waals surface area contributed by atoms with Crippen LogP contribution in [-0.4, -0.2) is 50.6 Å². The fraction of sp³-hybridized carbons (Fsp3) is 0.889. The van der Waals surface area contributed by atoms with Gasteiger partial charge in [0.1, 0.15) is 0 Å². The number of hydrogen-bond acceptors (Lipinski definition) is 4. The molecule has 1 N–H and O–H groups in total. The zero-order valence-electron chi connectivity index (χ0n) is 16.1. The molecule has 0 aromatic carbocycles. The average Bonchev–Trinajstić information content (AvgIpc) is 2.46. The first-order valence-corrected chi connectivity index (χ1v) is 8.61. The van der Waals surface area contributed by atoms with Gasteiger partial charge in [-0.2, -0.15) is 0 Å². The van der Waals surface area contributed by atoms with E-state index in [1.165, 1.54) is 0 Å². The molecule has 1 atom stereocenters. The fourth-order valence-corrected chi connectivity index (χ4v) is 2.67. The fourth-order valence-electron chi connectivity index (χ4n) is 2.67. The number of nitrogens with one attached hydrogen (secondary N) is 1. The number of esters is 1. The zero-order chi connectivity index (χ0) is 18.1. The Morgan fingerprint density at radius 1 is 1.17 bits per heavy atom. The molecule has 0 aromatic heterocycles. The molecule has 5 heteroatoms. The molecule has 0 heterocycles. The van der Waals surface area contributed by atoms with Crippen LogP contribution in [0.15, 0.2) is 0 Å². The van der Waals surface area contributed by atoms with Crippen molar-refractivity contribution in [3.05, 3.63) is 0 Å². The second-order valence-corrected chi connectivity index (χ2v) is 7.81. The lowest BCUT2D eigenvalue weighted by molar-refractivity contribution is -0.157. The van der Waals surface area contributed by atoms with E-state index < -0.39 is 5.41 Å². The number of hydrogen-bond donors (Lipinski definition) is 1. The first-order chi connectivity index (χ1) is 10.6. The smallest absolute Gasteiger partial charge is 0.311 e. The van der Waals surface area contributed by atoms with Crippen molar-refractivity contribution >= 4 is 11.9 Å². The monoisotopic (exact) mass is 328 g/mol. The van der Waals surface area contributed by atoms with Crippen molar-refractivity contribution in [3.8, 4) is 0 Å². The van der Waals surface area contributed by atoms with Crippen molar-refractivity contribution in [2.45, 2.75) is 60.3 Å². The maximum absolute atomic E-state index is 12.4. The lowest BCUT2D eigenvalue weighted by Crippen LogP contribution is -2.34. The highest BCUT2D eigenvalue weighted by Crippen LogP contribution is 2.37. The first kappa shape index (κ1) is 21.9. The first-order valence-electron chi connectivity index (χ1n) is 8.61. The van der Waals surface area contributed by atoms with E-state index in [1.807, 2.05) is 20.9 Å². The Morgan fingerprint density at radius 2 is 1.78 bits per heavy atom. The number of rotatable bonds is 10. The molecule has 0 spiro atoms. The van der Waals surface area contributed by atoms with Gasteiger partial charge in [-0.1, -0.05) is 27.7 Å². The Balaban J connectivity index is 4.21. The van der Waals surface area contributed by atoms with E-state index in [1.54, 1.807) is 11.9 Å². The van der Waals surface area contributed by atoms with E-state index in [2.05, 4.69) is 26.1 Å². The summed E-state index contributed by atoms with van der Waals surface area (Å²) >= 11 is 0. The predicted molar refractivity (Wildman–Crippen MR) is 94.2 cm³/mol. The standard InChI is InChI=1S/C18H36N2O3/c1-8-18(5,14-17(2,3)4)16(22)23-13-9-10-15(21)20(7)12-11-19-6/h19H,8-14H2,1-7H3. The van der Waals surface area contributed by atoms with Crippen molar-refractivity contribution in [3.63, 3.8) is 0 Å². The van der Waals surface area contributed by atoms with Crippen LogP contribution in [0, 0.1) is 10.8 Å². The molecule has 0 aliphatic heterocycles. The lowest BCUT2D eigenvalue weighted by Gasteiger charge is -2.32. The number of carbonyl (C=O) groups is 2. The Labute approximate surface area is 142 Å². The van der Waals surface area contributed by atoms with Gasteiger partial charge in [0, 0.05) is 26.6 Å². The molecule has 0 rings (SSSR count). The van der Waals surface area contributed by atoms with E-state index in [-0.39, 0.29) is 17.3 Å². The number of likely N-dealkylation sites (N-methyl/N-ethyl adjacent to an activating group) is 2. The molecule has 1 amide bonds. The molecule has 136 valence electrons. The highest BCUT2D eigenvalue weighted by molar-refractivity contribution is 5.77. The highest BCUT2D eigenvalue weighted by Gasteiger charge is 2.36.